The molecule has 10 heteroatoms. The molecular formula is C41H64N2O8. The monoisotopic (exact) mass is 712 g/mol. The molecule has 0 aromatic carbocycles. The van der Waals surface area contributed by atoms with Gasteiger partial charge in [-0.25, -0.2) is 4.79 Å². The van der Waals surface area contributed by atoms with E-state index in [1.165, 1.54) is 0 Å². The second-order valence-corrected chi connectivity index (χ2v) is 18.4. The van der Waals surface area contributed by atoms with Crippen LogP contribution >= 0.6 is 0 Å². The molecule has 10 nitrogen and oxygen atoms in total. The minimum absolute atomic E-state index is 0.0961. The fraction of sp³-hybridized carbons (Fsp3) is 0.854. The number of esters is 1. The Bertz CT molecular complexity index is 1430. The summed E-state index contributed by atoms with van der Waals surface area (Å²) in [7, 11) is 1.89. The van der Waals surface area contributed by atoms with Crippen molar-refractivity contribution in [3.05, 3.63) is 23.3 Å². The summed E-state index contributed by atoms with van der Waals surface area (Å²) in [5.41, 5.74) is -6.40. The zero-order valence-electron chi connectivity index (χ0n) is 31.4. The van der Waals surface area contributed by atoms with Crippen LogP contribution in [0.25, 0.3) is 0 Å². The molecule has 15 atom stereocenters. The highest BCUT2D eigenvalue weighted by Crippen LogP contribution is 2.76. The SMILES string of the molecule is CCCCCC1CC2(C=O)C3CCC4(C)C5C6=CC(=O)OC6C(CNCCNC)=CC5CC4(O)C3(O)C(O)C3CC(C(C)C)CCC(C1O)C32O. The van der Waals surface area contributed by atoms with E-state index in [-0.39, 0.29) is 42.4 Å². The third-order valence-electron chi connectivity index (χ3n) is 16.1. The van der Waals surface area contributed by atoms with Crippen molar-refractivity contribution in [1.29, 1.82) is 0 Å². The standard InChI is InChI=1S/C41H64N2O8/c1-6-7-8-9-25-19-38(22-44)31-12-13-37(4)33-26(16-27(21-43-15-14-42-5)35-28(33)18-32(45)51-35)20-39(37,48)41(31,50)36(47)30-17-24(23(2)3)10-11-29(34(25)46)40(30,38)49/h16,18,22-26,29-31,33-36,42-43,46-50H,6-15,17,19-21H2,1-5H3. The molecule has 0 aromatic heterocycles. The number of likely N-dealkylation sites (N-methyl/N-ethyl adjacent to an activating group) is 1. The number of hydrogen-bond acceptors (Lipinski definition) is 10. The average Bonchev–Trinajstić information content (AvgIpc) is 3.52. The Morgan fingerprint density at radius 2 is 1.80 bits per heavy atom. The summed E-state index contributed by atoms with van der Waals surface area (Å²) >= 11 is 0. The fourth-order valence-corrected chi connectivity index (χ4v) is 13.7. The van der Waals surface area contributed by atoms with Crippen LogP contribution in [0.15, 0.2) is 23.3 Å². The van der Waals surface area contributed by atoms with Gasteiger partial charge in [-0.05, 0) is 99.1 Å². The van der Waals surface area contributed by atoms with Crippen LogP contribution in [-0.2, 0) is 14.3 Å². The maximum Gasteiger partial charge on any atom is 0.331 e. The van der Waals surface area contributed by atoms with Gasteiger partial charge in [0, 0.05) is 48.9 Å². The van der Waals surface area contributed by atoms with Crippen molar-refractivity contribution in [2.75, 3.05) is 26.7 Å². The summed E-state index contributed by atoms with van der Waals surface area (Å²) in [4.78, 5) is 26.9. The van der Waals surface area contributed by atoms with E-state index in [4.69, 9.17) is 4.74 Å². The largest absolute Gasteiger partial charge is 0.450 e. The van der Waals surface area contributed by atoms with Gasteiger partial charge in [0.2, 0.25) is 0 Å². The normalized spacial score (nSPS) is 49.8. The minimum atomic E-state index is -2.12. The fourth-order valence-electron chi connectivity index (χ4n) is 13.7. The number of nitrogens with one attached hydrogen (secondary N) is 2. The van der Waals surface area contributed by atoms with Crippen LogP contribution in [0.3, 0.4) is 0 Å². The van der Waals surface area contributed by atoms with Crippen molar-refractivity contribution < 1.29 is 39.9 Å². The van der Waals surface area contributed by atoms with Crippen LogP contribution in [0.4, 0.5) is 0 Å². The number of aliphatic hydroxyl groups is 5. The minimum Gasteiger partial charge on any atom is -0.450 e. The molecule has 5 fully saturated rings. The highest BCUT2D eigenvalue weighted by Gasteiger charge is 2.84. The lowest BCUT2D eigenvalue weighted by molar-refractivity contribution is -0.377. The van der Waals surface area contributed by atoms with E-state index in [1.807, 2.05) is 14.0 Å². The Hall–Kier alpha value is -1.66. The Morgan fingerprint density at radius 1 is 1.04 bits per heavy atom. The topological polar surface area (TPSA) is 169 Å². The number of allylic oxidation sites excluding steroid dienone is 1. The van der Waals surface area contributed by atoms with E-state index in [1.54, 1.807) is 6.08 Å². The van der Waals surface area contributed by atoms with Crippen LogP contribution in [0, 0.1) is 58.2 Å². The van der Waals surface area contributed by atoms with Crippen LogP contribution in [0.2, 0.25) is 0 Å². The maximum absolute atomic E-state index is 14.1. The summed E-state index contributed by atoms with van der Waals surface area (Å²) in [6.45, 7) is 10.4. The molecule has 51 heavy (non-hydrogen) atoms. The van der Waals surface area contributed by atoms with E-state index < -0.39 is 69.7 Å². The van der Waals surface area contributed by atoms with E-state index in [0.717, 1.165) is 62.6 Å². The number of ether oxygens (including phenoxy) is 1. The third-order valence-corrected chi connectivity index (χ3v) is 16.1. The Morgan fingerprint density at radius 3 is 2.49 bits per heavy atom. The molecule has 286 valence electrons. The van der Waals surface area contributed by atoms with Gasteiger partial charge in [-0.15, -0.1) is 0 Å². The van der Waals surface area contributed by atoms with Crippen molar-refractivity contribution >= 4 is 12.3 Å². The van der Waals surface area contributed by atoms with Gasteiger partial charge in [-0.3, -0.25) is 0 Å². The summed E-state index contributed by atoms with van der Waals surface area (Å²) in [5, 5.41) is 72.0. The number of carbonyl (C=O) groups is 2. The van der Waals surface area contributed by atoms with Gasteiger partial charge in [0.15, 0.2) is 0 Å². The molecular weight excluding hydrogens is 648 g/mol. The second-order valence-electron chi connectivity index (χ2n) is 18.4. The Labute approximate surface area is 303 Å². The van der Waals surface area contributed by atoms with Crippen molar-refractivity contribution in [3.8, 4) is 0 Å². The molecule has 1 heterocycles. The van der Waals surface area contributed by atoms with Gasteiger partial charge >= 0.3 is 5.97 Å². The number of carbonyl (C=O) groups excluding carboxylic acids is 2. The van der Waals surface area contributed by atoms with Gasteiger partial charge in [0.25, 0.3) is 0 Å². The zero-order chi connectivity index (χ0) is 36.7. The van der Waals surface area contributed by atoms with Gasteiger partial charge in [-0.2, -0.15) is 0 Å². The summed E-state index contributed by atoms with van der Waals surface area (Å²) in [5.74, 6) is -3.36. The summed E-state index contributed by atoms with van der Waals surface area (Å²) in [6.07, 6.45) is 8.10. The molecule has 7 N–H and O–H groups in total. The predicted octanol–water partition coefficient (Wildman–Crippen LogP) is 3.04. The Balaban J connectivity index is 1.36. The molecule has 15 unspecified atom stereocenters. The third kappa shape index (κ3) is 4.98. The van der Waals surface area contributed by atoms with E-state index in [0.29, 0.717) is 32.2 Å². The van der Waals surface area contributed by atoms with Crippen LogP contribution in [0.1, 0.15) is 98.3 Å². The summed E-state index contributed by atoms with van der Waals surface area (Å²) < 4.78 is 5.88. The molecule has 1 aliphatic heterocycles. The maximum atomic E-state index is 14.1. The quantitative estimate of drug-likeness (QED) is 0.0732. The van der Waals surface area contributed by atoms with Crippen molar-refractivity contribution in [2.45, 2.75) is 133 Å². The molecule has 0 aromatic rings. The molecule has 7 aliphatic rings. The number of unbranched alkanes of at least 4 members (excludes halogenated alkanes) is 2. The van der Waals surface area contributed by atoms with Crippen molar-refractivity contribution in [2.24, 2.45) is 58.2 Å². The zero-order valence-corrected chi connectivity index (χ0v) is 31.4. The molecule has 0 saturated heterocycles. The van der Waals surface area contributed by atoms with E-state index >= 15 is 0 Å². The average molecular weight is 713 g/mol. The lowest BCUT2D eigenvalue weighted by atomic mass is 9.34. The Kier molecular flexibility index (Phi) is 9.80. The van der Waals surface area contributed by atoms with E-state index in [9.17, 15) is 35.1 Å². The van der Waals surface area contributed by atoms with Gasteiger partial charge in [-0.1, -0.05) is 53.0 Å². The summed E-state index contributed by atoms with van der Waals surface area (Å²) in [6, 6.07) is 0. The first-order valence-corrected chi connectivity index (χ1v) is 20.2. The van der Waals surface area contributed by atoms with Gasteiger partial charge in [0.1, 0.15) is 23.6 Å². The molecule has 7 rings (SSSR count). The molecule has 0 bridgehead atoms. The lowest BCUT2D eigenvalue weighted by Crippen LogP contribution is -2.85. The molecule has 0 spiro atoms. The number of rotatable bonds is 11. The first kappa shape index (κ1) is 37.6. The predicted molar refractivity (Wildman–Crippen MR) is 192 cm³/mol. The number of fused-ring (bicyclic) bond motifs is 8. The first-order valence-electron chi connectivity index (χ1n) is 20.2. The smallest absolute Gasteiger partial charge is 0.331 e. The van der Waals surface area contributed by atoms with Gasteiger partial charge < -0.3 is 45.7 Å². The first-order chi connectivity index (χ1) is 24.2. The highest BCUT2D eigenvalue weighted by molar-refractivity contribution is 5.87. The van der Waals surface area contributed by atoms with Crippen molar-refractivity contribution in [1.82, 2.24) is 10.6 Å². The van der Waals surface area contributed by atoms with Gasteiger partial charge in [0.05, 0.1) is 23.2 Å². The number of hydrogen-bond donors (Lipinski definition) is 7. The molecule has 0 radical (unpaired) electrons. The highest BCUT2D eigenvalue weighted by atomic mass is 16.5. The second kappa shape index (κ2) is 13.3. The molecule has 6 aliphatic carbocycles. The number of aliphatic hydroxyl groups excluding tert-OH is 2. The van der Waals surface area contributed by atoms with Crippen LogP contribution in [0.5, 0.6) is 0 Å². The molecule has 0 amide bonds. The van der Waals surface area contributed by atoms with Crippen LogP contribution in [-0.4, -0.2) is 99.6 Å². The molecule has 5 saturated carbocycles. The number of aldehydes is 1. The van der Waals surface area contributed by atoms with Crippen LogP contribution < -0.4 is 10.6 Å². The lowest BCUT2D eigenvalue weighted by Gasteiger charge is -2.73. The van der Waals surface area contributed by atoms with E-state index in [2.05, 4.69) is 37.5 Å². The van der Waals surface area contributed by atoms with Crippen molar-refractivity contribution in [3.63, 3.8) is 0 Å².